The second kappa shape index (κ2) is 5.01. The van der Waals surface area contributed by atoms with Crippen LogP contribution in [0.5, 0.6) is 0 Å². The lowest BCUT2D eigenvalue weighted by atomic mass is 9.73. The first-order valence-corrected chi connectivity index (χ1v) is 6.58. The minimum absolute atomic E-state index is 0.353. The highest BCUT2D eigenvalue weighted by Gasteiger charge is 2.31. The number of hydrogen-bond donors (Lipinski definition) is 2. The van der Waals surface area contributed by atoms with Gasteiger partial charge in [-0.05, 0) is 55.4 Å². The summed E-state index contributed by atoms with van der Waals surface area (Å²) in [6.07, 6.45) is 2.44. The summed E-state index contributed by atoms with van der Waals surface area (Å²) in [4.78, 5) is 10.9. The van der Waals surface area contributed by atoms with E-state index in [1.165, 1.54) is 12.8 Å². The first-order valence-electron chi connectivity index (χ1n) is 6.58. The predicted molar refractivity (Wildman–Crippen MR) is 73.1 cm³/mol. The molecule has 1 saturated carbocycles. The van der Waals surface area contributed by atoms with Gasteiger partial charge in [0, 0.05) is 11.7 Å². The summed E-state index contributed by atoms with van der Waals surface area (Å²) >= 11 is 0. The molecule has 0 bridgehead atoms. The molecule has 0 atom stereocenters. The fourth-order valence-corrected chi connectivity index (χ4v) is 2.50. The zero-order valence-corrected chi connectivity index (χ0v) is 11.2. The van der Waals surface area contributed by atoms with E-state index in [1.807, 2.05) is 13.0 Å². The Labute approximate surface area is 108 Å². The molecule has 0 saturated heterocycles. The molecule has 2 rings (SSSR count). The van der Waals surface area contributed by atoms with E-state index in [4.69, 9.17) is 5.11 Å². The quantitative estimate of drug-likeness (QED) is 0.855. The fraction of sp³-hybridized carbons (Fsp3) is 0.533. The first kappa shape index (κ1) is 12.9. The molecular formula is C15H21NO2. The SMILES string of the molecule is Cc1cc(C(=O)O)ccc1NC1CC(C(C)C)C1. The smallest absolute Gasteiger partial charge is 0.335 e. The maximum Gasteiger partial charge on any atom is 0.335 e. The number of anilines is 1. The topological polar surface area (TPSA) is 49.3 Å². The van der Waals surface area contributed by atoms with Crippen molar-refractivity contribution in [1.29, 1.82) is 0 Å². The molecule has 1 aromatic rings. The Kier molecular flexibility index (Phi) is 3.60. The van der Waals surface area contributed by atoms with Gasteiger partial charge in [0.15, 0.2) is 0 Å². The lowest BCUT2D eigenvalue weighted by molar-refractivity contribution is 0.0697. The maximum atomic E-state index is 10.9. The second-order valence-corrected chi connectivity index (χ2v) is 5.65. The molecule has 3 nitrogen and oxygen atoms in total. The van der Waals surface area contributed by atoms with Crippen molar-refractivity contribution in [2.75, 3.05) is 5.32 Å². The Morgan fingerprint density at radius 1 is 1.39 bits per heavy atom. The van der Waals surface area contributed by atoms with Crippen molar-refractivity contribution in [3.05, 3.63) is 29.3 Å². The average Bonchev–Trinajstić information content (AvgIpc) is 2.23. The third kappa shape index (κ3) is 2.66. The number of aryl methyl sites for hydroxylation is 1. The van der Waals surface area contributed by atoms with E-state index in [1.54, 1.807) is 12.1 Å². The van der Waals surface area contributed by atoms with Crippen molar-refractivity contribution in [3.8, 4) is 0 Å². The van der Waals surface area contributed by atoms with E-state index in [9.17, 15) is 4.79 Å². The number of carbonyl (C=O) groups is 1. The predicted octanol–water partition coefficient (Wildman–Crippen LogP) is 3.54. The first-order chi connectivity index (χ1) is 8.47. The Hall–Kier alpha value is -1.51. The van der Waals surface area contributed by atoms with E-state index >= 15 is 0 Å². The van der Waals surface area contributed by atoms with Gasteiger partial charge in [-0.3, -0.25) is 0 Å². The molecule has 1 aliphatic carbocycles. The van der Waals surface area contributed by atoms with Gasteiger partial charge in [-0.2, -0.15) is 0 Å². The number of hydrogen-bond acceptors (Lipinski definition) is 2. The van der Waals surface area contributed by atoms with Gasteiger partial charge >= 0.3 is 5.97 Å². The Bertz CT molecular complexity index is 448. The van der Waals surface area contributed by atoms with E-state index in [2.05, 4.69) is 19.2 Å². The highest BCUT2D eigenvalue weighted by molar-refractivity contribution is 5.88. The van der Waals surface area contributed by atoms with Gasteiger partial charge in [0.2, 0.25) is 0 Å². The Morgan fingerprint density at radius 3 is 2.56 bits per heavy atom. The lowest BCUT2D eigenvalue weighted by Gasteiger charge is -2.39. The van der Waals surface area contributed by atoms with Crippen LogP contribution in [0.15, 0.2) is 18.2 Å². The molecule has 0 unspecified atom stereocenters. The van der Waals surface area contributed by atoms with Crippen molar-refractivity contribution >= 4 is 11.7 Å². The number of carboxylic acid groups (broad SMARTS) is 1. The molecule has 1 aliphatic rings. The molecule has 1 aromatic carbocycles. The number of carboxylic acids is 1. The molecule has 1 fully saturated rings. The van der Waals surface area contributed by atoms with Gasteiger partial charge < -0.3 is 10.4 Å². The van der Waals surface area contributed by atoms with Crippen LogP contribution in [-0.2, 0) is 0 Å². The van der Waals surface area contributed by atoms with Crippen LogP contribution in [-0.4, -0.2) is 17.1 Å². The Morgan fingerprint density at radius 2 is 2.06 bits per heavy atom. The molecule has 0 spiro atoms. The van der Waals surface area contributed by atoms with E-state index in [-0.39, 0.29) is 0 Å². The van der Waals surface area contributed by atoms with Gasteiger partial charge in [-0.1, -0.05) is 13.8 Å². The number of nitrogens with one attached hydrogen (secondary N) is 1. The number of rotatable bonds is 4. The van der Waals surface area contributed by atoms with E-state index in [0.717, 1.165) is 23.1 Å². The monoisotopic (exact) mass is 247 g/mol. The van der Waals surface area contributed by atoms with Gasteiger partial charge in [-0.25, -0.2) is 4.79 Å². The molecule has 18 heavy (non-hydrogen) atoms. The van der Waals surface area contributed by atoms with Crippen LogP contribution in [0.25, 0.3) is 0 Å². The second-order valence-electron chi connectivity index (χ2n) is 5.65. The van der Waals surface area contributed by atoms with Gasteiger partial charge in [0.1, 0.15) is 0 Å². The van der Waals surface area contributed by atoms with Crippen LogP contribution in [0.1, 0.15) is 42.6 Å². The van der Waals surface area contributed by atoms with E-state index in [0.29, 0.717) is 11.6 Å². The fourth-order valence-electron chi connectivity index (χ4n) is 2.50. The summed E-state index contributed by atoms with van der Waals surface area (Å²) in [5, 5.41) is 12.4. The molecule has 98 valence electrons. The molecule has 0 amide bonds. The molecule has 3 heteroatoms. The summed E-state index contributed by atoms with van der Waals surface area (Å²) in [5.41, 5.74) is 2.42. The molecule has 2 N–H and O–H groups in total. The van der Waals surface area contributed by atoms with Crippen molar-refractivity contribution in [2.24, 2.45) is 11.8 Å². The third-order valence-corrected chi connectivity index (χ3v) is 3.95. The van der Waals surface area contributed by atoms with Crippen LogP contribution in [0, 0.1) is 18.8 Å². The van der Waals surface area contributed by atoms with Crippen LogP contribution in [0.2, 0.25) is 0 Å². The van der Waals surface area contributed by atoms with Crippen molar-refractivity contribution in [1.82, 2.24) is 0 Å². The van der Waals surface area contributed by atoms with Gasteiger partial charge in [0.05, 0.1) is 5.56 Å². The highest BCUT2D eigenvalue weighted by Crippen LogP contribution is 2.36. The molecule has 0 radical (unpaired) electrons. The summed E-state index contributed by atoms with van der Waals surface area (Å²) in [7, 11) is 0. The van der Waals surface area contributed by atoms with Crippen molar-refractivity contribution < 1.29 is 9.90 Å². The zero-order valence-electron chi connectivity index (χ0n) is 11.2. The standard InChI is InChI=1S/C15H21NO2/c1-9(2)12-7-13(8-12)16-14-5-4-11(15(17)18)6-10(14)3/h4-6,9,12-13,16H,7-8H2,1-3H3,(H,17,18). The lowest BCUT2D eigenvalue weighted by Crippen LogP contribution is -2.38. The summed E-state index contributed by atoms with van der Waals surface area (Å²) < 4.78 is 0. The van der Waals surface area contributed by atoms with E-state index < -0.39 is 5.97 Å². The average molecular weight is 247 g/mol. The summed E-state index contributed by atoms with van der Waals surface area (Å²) in [5.74, 6) is 0.729. The normalized spacial score (nSPS) is 22.7. The largest absolute Gasteiger partial charge is 0.478 e. The molecule has 0 aliphatic heterocycles. The Balaban J connectivity index is 1.97. The summed E-state index contributed by atoms with van der Waals surface area (Å²) in [6.45, 7) is 6.49. The third-order valence-electron chi connectivity index (χ3n) is 3.95. The molecular weight excluding hydrogens is 226 g/mol. The van der Waals surface area contributed by atoms with Crippen LogP contribution in [0.4, 0.5) is 5.69 Å². The van der Waals surface area contributed by atoms with Crippen LogP contribution in [0.3, 0.4) is 0 Å². The van der Waals surface area contributed by atoms with Gasteiger partial charge in [0.25, 0.3) is 0 Å². The minimum Gasteiger partial charge on any atom is -0.478 e. The van der Waals surface area contributed by atoms with Crippen molar-refractivity contribution in [3.63, 3.8) is 0 Å². The highest BCUT2D eigenvalue weighted by atomic mass is 16.4. The number of aromatic carboxylic acids is 1. The zero-order chi connectivity index (χ0) is 13.3. The minimum atomic E-state index is -0.867. The molecule has 0 heterocycles. The van der Waals surface area contributed by atoms with Crippen LogP contribution >= 0.6 is 0 Å². The summed E-state index contributed by atoms with van der Waals surface area (Å²) in [6, 6.07) is 5.81. The van der Waals surface area contributed by atoms with Crippen LogP contribution < -0.4 is 5.32 Å². The molecule has 0 aromatic heterocycles. The maximum absolute atomic E-state index is 10.9. The van der Waals surface area contributed by atoms with Gasteiger partial charge in [-0.15, -0.1) is 0 Å². The number of benzene rings is 1. The van der Waals surface area contributed by atoms with Crippen molar-refractivity contribution in [2.45, 2.75) is 39.7 Å².